The van der Waals surface area contributed by atoms with Gasteiger partial charge in [0, 0.05) is 29.9 Å². The lowest BCUT2D eigenvalue weighted by Crippen LogP contribution is -2.35. The van der Waals surface area contributed by atoms with Crippen molar-refractivity contribution in [2.45, 2.75) is 19.3 Å². The molecule has 0 unspecified atom stereocenters. The number of rotatable bonds is 6. The monoisotopic (exact) mass is 384 g/mol. The first-order valence-electron chi connectivity index (χ1n) is 9.09. The van der Waals surface area contributed by atoms with Crippen LogP contribution in [0.5, 0.6) is 17.2 Å². The highest BCUT2D eigenvalue weighted by atomic mass is 16.5. The molecule has 1 aliphatic rings. The number of anilines is 2. The van der Waals surface area contributed by atoms with Gasteiger partial charge < -0.3 is 24.4 Å². The van der Waals surface area contributed by atoms with E-state index < -0.39 is 0 Å². The minimum atomic E-state index is -0.305. The molecule has 1 saturated heterocycles. The summed E-state index contributed by atoms with van der Waals surface area (Å²) in [6.45, 7) is 0.732. The number of methoxy groups -OCH3 is 3. The van der Waals surface area contributed by atoms with E-state index in [0.29, 0.717) is 34.9 Å². The fourth-order valence-electron chi connectivity index (χ4n) is 3.22. The summed E-state index contributed by atoms with van der Waals surface area (Å²) in [4.78, 5) is 26.5. The van der Waals surface area contributed by atoms with Gasteiger partial charge in [-0.05, 0) is 49.2 Å². The summed E-state index contributed by atoms with van der Waals surface area (Å²) < 4.78 is 15.9. The van der Waals surface area contributed by atoms with Crippen LogP contribution in [0, 0.1) is 0 Å². The lowest BCUT2D eigenvalue weighted by Gasteiger charge is -2.26. The van der Waals surface area contributed by atoms with Crippen LogP contribution in [0.1, 0.15) is 29.6 Å². The van der Waals surface area contributed by atoms with Crippen molar-refractivity contribution in [2.24, 2.45) is 0 Å². The standard InChI is InChI=1S/C21H24N2O5/c1-26-17-12-14(13-18(27-2)20(17)28-3)21(25)22-15-7-9-16(10-8-15)23-11-5-4-6-19(23)24/h7-10,12-13H,4-6,11H2,1-3H3,(H,22,25). The molecule has 1 fully saturated rings. The maximum Gasteiger partial charge on any atom is 0.255 e. The lowest BCUT2D eigenvalue weighted by molar-refractivity contribution is -0.119. The van der Waals surface area contributed by atoms with Crippen molar-refractivity contribution in [3.8, 4) is 17.2 Å². The maximum atomic E-state index is 12.7. The zero-order valence-corrected chi connectivity index (χ0v) is 16.3. The highest BCUT2D eigenvalue weighted by Gasteiger charge is 2.20. The summed E-state index contributed by atoms with van der Waals surface area (Å²) in [5.41, 5.74) is 1.85. The smallest absolute Gasteiger partial charge is 0.255 e. The van der Waals surface area contributed by atoms with Gasteiger partial charge in [0.05, 0.1) is 21.3 Å². The first-order valence-corrected chi connectivity index (χ1v) is 9.09. The van der Waals surface area contributed by atoms with Gasteiger partial charge in [-0.1, -0.05) is 0 Å². The third-order valence-electron chi connectivity index (χ3n) is 4.69. The SMILES string of the molecule is COc1cc(C(=O)Nc2ccc(N3CCCCC3=O)cc2)cc(OC)c1OC. The van der Waals surface area contributed by atoms with Gasteiger partial charge in [-0.15, -0.1) is 0 Å². The van der Waals surface area contributed by atoms with Gasteiger partial charge in [0.25, 0.3) is 5.91 Å². The summed E-state index contributed by atoms with van der Waals surface area (Å²) in [6.07, 6.45) is 2.53. The largest absolute Gasteiger partial charge is 0.493 e. The van der Waals surface area contributed by atoms with E-state index in [1.165, 1.54) is 21.3 Å². The second-order valence-electron chi connectivity index (χ2n) is 6.42. The van der Waals surface area contributed by atoms with Gasteiger partial charge in [0.1, 0.15) is 0 Å². The van der Waals surface area contributed by atoms with Crippen molar-refractivity contribution in [1.82, 2.24) is 0 Å². The Balaban J connectivity index is 1.77. The summed E-state index contributed by atoms with van der Waals surface area (Å²) in [5, 5.41) is 2.85. The first kappa shape index (κ1) is 19.5. The number of ether oxygens (including phenoxy) is 3. The fourth-order valence-corrected chi connectivity index (χ4v) is 3.22. The van der Waals surface area contributed by atoms with Crippen LogP contribution in [0.25, 0.3) is 0 Å². The Morgan fingerprint density at radius 3 is 2.14 bits per heavy atom. The van der Waals surface area contributed by atoms with Crippen LogP contribution >= 0.6 is 0 Å². The van der Waals surface area contributed by atoms with Crippen LogP contribution < -0.4 is 24.4 Å². The van der Waals surface area contributed by atoms with Crippen molar-refractivity contribution >= 4 is 23.2 Å². The average Bonchev–Trinajstić information content (AvgIpc) is 2.73. The third-order valence-corrected chi connectivity index (χ3v) is 4.69. The maximum absolute atomic E-state index is 12.7. The Bertz CT molecular complexity index is 839. The molecule has 2 aromatic carbocycles. The summed E-state index contributed by atoms with van der Waals surface area (Å²) >= 11 is 0. The van der Waals surface area contributed by atoms with Gasteiger partial charge in [-0.25, -0.2) is 0 Å². The molecule has 0 aliphatic carbocycles. The number of piperidine rings is 1. The first-order chi connectivity index (χ1) is 13.6. The zero-order valence-electron chi connectivity index (χ0n) is 16.3. The molecule has 0 atom stereocenters. The third kappa shape index (κ3) is 4.03. The Labute approximate surface area is 164 Å². The van der Waals surface area contributed by atoms with Gasteiger partial charge in [-0.3, -0.25) is 9.59 Å². The molecule has 1 aliphatic heterocycles. The molecule has 0 spiro atoms. The Hall–Kier alpha value is -3.22. The number of carbonyl (C=O) groups is 2. The van der Waals surface area contributed by atoms with Gasteiger partial charge in [-0.2, -0.15) is 0 Å². The fraction of sp³-hybridized carbons (Fsp3) is 0.333. The van der Waals surface area contributed by atoms with Crippen LogP contribution in [0.2, 0.25) is 0 Å². The molecule has 2 amide bonds. The van der Waals surface area contributed by atoms with E-state index >= 15 is 0 Å². The molecular weight excluding hydrogens is 360 g/mol. The number of benzene rings is 2. The molecule has 1 N–H and O–H groups in total. The molecular formula is C21H24N2O5. The van der Waals surface area contributed by atoms with E-state index in [1.54, 1.807) is 29.2 Å². The Morgan fingerprint density at radius 1 is 0.964 bits per heavy atom. The van der Waals surface area contributed by atoms with E-state index in [2.05, 4.69) is 5.32 Å². The molecule has 0 bridgehead atoms. The second kappa shape index (κ2) is 8.65. The van der Waals surface area contributed by atoms with E-state index in [0.717, 1.165) is 25.1 Å². The molecule has 148 valence electrons. The molecule has 28 heavy (non-hydrogen) atoms. The average molecular weight is 384 g/mol. The van der Waals surface area contributed by atoms with Crippen molar-refractivity contribution in [2.75, 3.05) is 38.1 Å². The van der Waals surface area contributed by atoms with Gasteiger partial charge in [0.2, 0.25) is 11.7 Å². The van der Waals surface area contributed by atoms with Gasteiger partial charge in [0.15, 0.2) is 11.5 Å². The molecule has 0 radical (unpaired) electrons. The number of carbonyl (C=O) groups excluding carboxylic acids is 2. The molecule has 7 nitrogen and oxygen atoms in total. The number of nitrogens with one attached hydrogen (secondary N) is 1. The van der Waals surface area contributed by atoms with E-state index in [9.17, 15) is 9.59 Å². The zero-order chi connectivity index (χ0) is 20.1. The summed E-state index contributed by atoms with van der Waals surface area (Å²) in [5.74, 6) is 1.08. The van der Waals surface area contributed by atoms with Crippen LogP contribution in [-0.2, 0) is 4.79 Å². The molecule has 1 heterocycles. The van der Waals surface area contributed by atoms with Crippen LogP contribution in [0.15, 0.2) is 36.4 Å². The predicted molar refractivity (Wildman–Crippen MR) is 107 cm³/mol. The topological polar surface area (TPSA) is 77.1 Å². The quantitative estimate of drug-likeness (QED) is 0.825. The van der Waals surface area contributed by atoms with E-state index in [-0.39, 0.29) is 11.8 Å². The number of hydrogen-bond acceptors (Lipinski definition) is 5. The molecule has 0 saturated carbocycles. The number of amides is 2. The molecule has 0 aromatic heterocycles. The van der Waals surface area contributed by atoms with Crippen LogP contribution in [0.4, 0.5) is 11.4 Å². The van der Waals surface area contributed by atoms with Crippen molar-refractivity contribution in [3.05, 3.63) is 42.0 Å². The molecule has 2 aromatic rings. The Kier molecular flexibility index (Phi) is 6.03. The van der Waals surface area contributed by atoms with Crippen LogP contribution in [0.3, 0.4) is 0 Å². The number of nitrogens with zero attached hydrogens (tertiary/aromatic N) is 1. The van der Waals surface area contributed by atoms with Crippen molar-refractivity contribution in [3.63, 3.8) is 0 Å². The predicted octanol–water partition coefficient (Wildman–Crippen LogP) is 3.48. The summed E-state index contributed by atoms with van der Waals surface area (Å²) in [6, 6.07) is 10.4. The minimum absolute atomic E-state index is 0.139. The lowest BCUT2D eigenvalue weighted by atomic mass is 10.1. The second-order valence-corrected chi connectivity index (χ2v) is 6.42. The molecule has 3 rings (SSSR count). The van der Waals surface area contributed by atoms with Crippen LogP contribution in [-0.4, -0.2) is 39.7 Å². The normalized spacial score (nSPS) is 13.8. The summed E-state index contributed by atoms with van der Waals surface area (Å²) in [7, 11) is 4.51. The van der Waals surface area contributed by atoms with E-state index in [4.69, 9.17) is 14.2 Å². The highest BCUT2D eigenvalue weighted by molar-refractivity contribution is 6.05. The van der Waals surface area contributed by atoms with Crippen molar-refractivity contribution in [1.29, 1.82) is 0 Å². The van der Waals surface area contributed by atoms with Gasteiger partial charge >= 0.3 is 0 Å². The van der Waals surface area contributed by atoms with E-state index in [1.807, 2.05) is 12.1 Å². The Morgan fingerprint density at radius 2 is 1.61 bits per heavy atom. The molecule has 7 heteroatoms. The highest BCUT2D eigenvalue weighted by Crippen LogP contribution is 2.38. The number of hydrogen-bond donors (Lipinski definition) is 1. The minimum Gasteiger partial charge on any atom is -0.493 e. The van der Waals surface area contributed by atoms with Crippen molar-refractivity contribution < 1.29 is 23.8 Å².